The molecule has 4 rings (SSSR count). The van der Waals surface area contributed by atoms with Crippen molar-refractivity contribution in [3.63, 3.8) is 0 Å². The van der Waals surface area contributed by atoms with E-state index in [-0.39, 0.29) is 12.7 Å². The highest BCUT2D eigenvalue weighted by Gasteiger charge is 2.26. The third-order valence-corrected chi connectivity index (χ3v) is 6.33. The van der Waals surface area contributed by atoms with Gasteiger partial charge in [-0.1, -0.05) is 95.1 Å². The fourth-order valence-electron chi connectivity index (χ4n) is 3.94. The summed E-state index contributed by atoms with van der Waals surface area (Å²) < 4.78 is 5.74. The molecule has 1 aliphatic heterocycles. The molecule has 0 amide bonds. The van der Waals surface area contributed by atoms with E-state index in [9.17, 15) is 5.11 Å². The third-order valence-electron chi connectivity index (χ3n) is 5.59. The second-order valence-electron chi connectivity index (χ2n) is 8.43. The average molecular weight is 499 g/mol. The number of aliphatic hydroxyl groups is 1. The van der Waals surface area contributed by atoms with Gasteiger partial charge in [-0.25, -0.2) is 0 Å². The minimum Gasteiger partial charge on any atom is -0.390 e. The first kappa shape index (κ1) is 24.7. The predicted molar refractivity (Wildman–Crippen MR) is 136 cm³/mol. The number of hydrogen-bond donors (Lipinski definition) is 1. The number of nitrogens with zero attached hydrogens (tertiary/aromatic N) is 2. The fraction of sp³-hybridized carbons (Fsp3) is 0.296. The third kappa shape index (κ3) is 7.29. The van der Waals surface area contributed by atoms with Crippen molar-refractivity contribution >= 4 is 28.9 Å². The lowest BCUT2D eigenvalue weighted by Crippen LogP contribution is -2.39. The second-order valence-corrected chi connectivity index (χ2v) is 9.25. The lowest BCUT2D eigenvalue weighted by Gasteiger charge is -2.27. The van der Waals surface area contributed by atoms with Gasteiger partial charge in [0, 0.05) is 31.6 Å². The molecule has 178 valence electrons. The molecule has 1 aliphatic rings. The second kappa shape index (κ2) is 12.3. The molecule has 0 saturated heterocycles. The van der Waals surface area contributed by atoms with Gasteiger partial charge in [-0.3, -0.25) is 4.90 Å². The molecule has 1 N–H and O–H groups in total. The quantitative estimate of drug-likeness (QED) is 0.375. The van der Waals surface area contributed by atoms with E-state index in [0.29, 0.717) is 42.7 Å². The van der Waals surface area contributed by atoms with Crippen LogP contribution in [0, 0.1) is 0 Å². The van der Waals surface area contributed by atoms with Gasteiger partial charge < -0.3 is 14.7 Å². The van der Waals surface area contributed by atoms with Crippen LogP contribution in [-0.4, -0.2) is 47.6 Å². The van der Waals surface area contributed by atoms with Gasteiger partial charge >= 0.3 is 0 Å². The Balaban J connectivity index is 1.33. The Hall–Kier alpha value is -2.41. The van der Waals surface area contributed by atoms with Crippen LogP contribution >= 0.6 is 23.2 Å². The maximum absolute atomic E-state index is 10.7. The number of hydrogen-bond acceptors (Lipinski definition) is 5. The normalized spacial score (nSPS) is 16.4. The van der Waals surface area contributed by atoms with Crippen LogP contribution in [-0.2, 0) is 22.7 Å². The van der Waals surface area contributed by atoms with Gasteiger partial charge in [0.15, 0.2) is 0 Å². The fourth-order valence-corrected chi connectivity index (χ4v) is 4.24. The Morgan fingerprint density at radius 2 is 1.68 bits per heavy atom. The van der Waals surface area contributed by atoms with E-state index in [1.54, 1.807) is 6.07 Å². The summed E-state index contributed by atoms with van der Waals surface area (Å²) in [6.45, 7) is 2.52. The van der Waals surface area contributed by atoms with Crippen molar-refractivity contribution in [2.24, 2.45) is 5.16 Å². The van der Waals surface area contributed by atoms with Crippen LogP contribution in [0.25, 0.3) is 0 Å². The van der Waals surface area contributed by atoms with Crippen molar-refractivity contribution in [1.82, 2.24) is 4.90 Å². The lowest BCUT2D eigenvalue weighted by molar-refractivity contribution is -0.00648. The predicted octanol–water partition coefficient (Wildman–Crippen LogP) is 5.57. The van der Waals surface area contributed by atoms with Crippen LogP contribution in [0.5, 0.6) is 0 Å². The molecule has 0 spiro atoms. The van der Waals surface area contributed by atoms with Crippen LogP contribution in [0.3, 0.4) is 0 Å². The van der Waals surface area contributed by atoms with Gasteiger partial charge in [0.2, 0.25) is 0 Å². The summed E-state index contributed by atoms with van der Waals surface area (Å²) in [4.78, 5) is 7.92. The molecular weight excluding hydrogens is 471 g/mol. The van der Waals surface area contributed by atoms with Crippen LogP contribution in [0.4, 0.5) is 0 Å². The average Bonchev–Trinajstić information content (AvgIpc) is 3.30. The number of ether oxygens (including phenoxy) is 1. The largest absolute Gasteiger partial charge is 0.390 e. The van der Waals surface area contributed by atoms with E-state index in [4.69, 9.17) is 32.8 Å². The van der Waals surface area contributed by atoms with Gasteiger partial charge in [-0.2, -0.15) is 0 Å². The maximum atomic E-state index is 10.7. The monoisotopic (exact) mass is 498 g/mol. The molecule has 0 saturated carbocycles. The van der Waals surface area contributed by atoms with E-state index in [1.807, 2.05) is 60.7 Å². The Morgan fingerprint density at radius 1 is 0.971 bits per heavy atom. The summed E-state index contributed by atoms with van der Waals surface area (Å²) >= 11 is 12.2. The zero-order chi connectivity index (χ0) is 23.8. The molecule has 0 radical (unpaired) electrons. The summed E-state index contributed by atoms with van der Waals surface area (Å²) in [5.41, 5.74) is 4.00. The first-order valence-corrected chi connectivity index (χ1v) is 12.1. The molecule has 2 unspecified atom stereocenters. The summed E-state index contributed by atoms with van der Waals surface area (Å²) in [5.74, 6) is 0. The highest BCUT2D eigenvalue weighted by Crippen LogP contribution is 2.26. The van der Waals surface area contributed by atoms with Gasteiger partial charge in [-0.15, -0.1) is 0 Å². The van der Waals surface area contributed by atoms with Crippen LogP contribution < -0.4 is 0 Å². The van der Waals surface area contributed by atoms with Gasteiger partial charge in [0.05, 0.1) is 35.1 Å². The number of aliphatic hydroxyl groups excluding tert-OH is 1. The molecule has 0 bridgehead atoms. The minimum absolute atomic E-state index is 0.120. The van der Waals surface area contributed by atoms with E-state index in [0.717, 1.165) is 16.8 Å². The smallest absolute Gasteiger partial charge is 0.145 e. The molecule has 2 atom stereocenters. The molecule has 3 aromatic carbocycles. The Kier molecular flexibility index (Phi) is 8.97. The maximum Gasteiger partial charge on any atom is 0.145 e. The van der Waals surface area contributed by atoms with Crippen LogP contribution in [0.2, 0.25) is 10.0 Å². The minimum atomic E-state index is -0.621. The standard InChI is InChI=1S/C27H28Cl2N2O3/c28-25-12-11-22(13-26(25)29)27-14-24(34-30-27)17-31(15-20-7-3-1-4-8-20)16-23(32)19-33-18-21-9-5-2-6-10-21/h1-13,23-24,32H,14-19H2. The van der Waals surface area contributed by atoms with Crippen molar-refractivity contribution in [1.29, 1.82) is 0 Å². The van der Waals surface area contributed by atoms with Crippen LogP contribution in [0.15, 0.2) is 84.0 Å². The van der Waals surface area contributed by atoms with Crippen molar-refractivity contribution < 1.29 is 14.7 Å². The molecule has 5 nitrogen and oxygen atoms in total. The van der Waals surface area contributed by atoms with Gasteiger partial charge in [0.1, 0.15) is 6.10 Å². The number of oxime groups is 1. The molecule has 0 aromatic heterocycles. The molecule has 0 aliphatic carbocycles. The highest BCUT2D eigenvalue weighted by molar-refractivity contribution is 6.42. The van der Waals surface area contributed by atoms with Crippen molar-refractivity contribution in [3.8, 4) is 0 Å². The van der Waals surface area contributed by atoms with Gasteiger partial charge in [0.25, 0.3) is 0 Å². The SMILES string of the molecule is OC(COCc1ccccc1)CN(Cc1ccccc1)CC1CC(c2ccc(Cl)c(Cl)c2)=NO1. The Morgan fingerprint density at radius 3 is 2.38 bits per heavy atom. The lowest BCUT2D eigenvalue weighted by atomic mass is 10.0. The van der Waals surface area contributed by atoms with Crippen molar-refractivity contribution in [3.05, 3.63) is 106 Å². The van der Waals surface area contributed by atoms with Gasteiger partial charge in [-0.05, 0) is 23.3 Å². The topological polar surface area (TPSA) is 54.3 Å². The zero-order valence-corrected chi connectivity index (χ0v) is 20.3. The molecule has 0 fully saturated rings. The Bertz CT molecular complexity index is 1080. The summed E-state index contributed by atoms with van der Waals surface area (Å²) in [7, 11) is 0. The first-order chi connectivity index (χ1) is 16.6. The summed E-state index contributed by atoms with van der Waals surface area (Å²) in [6, 6.07) is 25.6. The van der Waals surface area contributed by atoms with E-state index < -0.39 is 6.10 Å². The van der Waals surface area contributed by atoms with Crippen molar-refractivity contribution in [2.75, 3.05) is 19.7 Å². The Labute approximate surface area is 210 Å². The summed E-state index contributed by atoms with van der Waals surface area (Å²) in [6.07, 6.45) is -0.0842. The molecule has 34 heavy (non-hydrogen) atoms. The highest BCUT2D eigenvalue weighted by atomic mass is 35.5. The molecule has 7 heteroatoms. The number of rotatable bonds is 11. The van der Waals surface area contributed by atoms with E-state index >= 15 is 0 Å². The zero-order valence-electron chi connectivity index (χ0n) is 18.8. The van der Waals surface area contributed by atoms with Crippen LogP contribution in [0.1, 0.15) is 23.1 Å². The number of halogens is 2. The number of benzene rings is 3. The first-order valence-electron chi connectivity index (χ1n) is 11.3. The van der Waals surface area contributed by atoms with E-state index in [2.05, 4.69) is 22.2 Å². The molecular formula is C27H28Cl2N2O3. The molecule has 1 heterocycles. The van der Waals surface area contributed by atoms with Crippen molar-refractivity contribution in [2.45, 2.75) is 31.8 Å². The molecule has 3 aromatic rings. The summed E-state index contributed by atoms with van der Waals surface area (Å²) in [5, 5.41) is 16.0. The van der Waals surface area contributed by atoms with E-state index in [1.165, 1.54) is 5.56 Å².